The van der Waals surface area contributed by atoms with Gasteiger partial charge in [0.25, 0.3) is 0 Å². The predicted octanol–water partition coefficient (Wildman–Crippen LogP) is 5.10. The van der Waals surface area contributed by atoms with Crippen molar-refractivity contribution in [1.29, 1.82) is 0 Å². The maximum atomic E-state index is 11.2. The molecule has 0 radical (unpaired) electrons. The first-order valence-electron chi connectivity index (χ1n) is 10.3. The van der Waals surface area contributed by atoms with Gasteiger partial charge in [0.2, 0.25) is 0 Å². The highest BCUT2D eigenvalue weighted by molar-refractivity contribution is 5.87. The van der Waals surface area contributed by atoms with Gasteiger partial charge in [-0.1, -0.05) is 30.3 Å². The van der Waals surface area contributed by atoms with Crippen molar-refractivity contribution in [2.45, 2.75) is 13.0 Å². The van der Waals surface area contributed by atoms with Crippen molar-refractivity contribution in [2.75, 3.05) is 26.2 Å². The van der Waals surface area contributed by atoms with E-state index in [1.807, 2.05) is 55.7 Å². The Labute approximate surface area is 187 Å². The van der Waals surface area contributed by atoms with Gasteiger partial charge in [-0.15, -0.1) is 0 Å². The van der Waals surface area contributed by atoms with E-state index in [2.05, 4.69) is 33.7 Å². The van der Waals surface area contributed by atoms with E-state index in [1.54, 1.807) is 14.2 Å². The number of carboxylic acid groups (broad SMARTS) is 1. The van der Waals surface area contributed by atoms with Gasteiger partial charge in [0.1, 0.15) is 11.5 Å². The molecule has 0 aliphatic rings. The Morgan fingerprint density at radius 3 is 2.44 bits per heavy atom. The summed E-state index contributed by atoms with van der Waals surface area (Å²) in [5, 5.41) is 10.2. The van der Waals surface area contributed by atoms with Gasteiger partial charge < -0.3 is 24.0 Å². The summed E-state index contributed by atoms with van der Waals surface area (Å²) in [7, 11) is 5.28. The summed E-state index contributed by atoms with van der Waals surface area (Å²) < 4.78 is 12.9. The number of methoxy groups -OCH3 is 2. The Balaban J connectivity index is 1.58. The lowest BCUT2D eigenvalue weighted by Crippen LogP contribution is -2.11. The fourth-order valence-corrected chi connectivity index (χ4v) is 3.98. The summed E-state index contributed by atoms with van der Waals surface area (Å²) in [6, 6.07) is 22.0. The highest BCUT2D eigenvalue weighted by Gasteiger charge is 2.13. The lowest BCUT2D eigenvalue weighted by Gasteiger charge is -2.22. The molecule has 164 valence electrons. The second kappa shape index (κ2) is 9.06. The van der Waals surface area contributed by atoms with Gasteiger partial charge in [0, 0.05) is 42.4 Å². The van der Waals surface area contributed by atoms with Crippen LogP contribution in [0.2, 0.25) is 0 Å². The first kappa shape index (κ1) is 21.3. The Bertz CT molecular complexity index is 1240. The lowest BCUT2D eigenvalue weighted by molar-refractivity contribution is -0.136. The fourth-order valence-electron chi connectivity index (χ4n) is 3.98. The SMILES string of the molecule is COc1ccc(N(C)c2ccc(Cn3cc(CC(=O)O)c4ccccc43)cc2)c(OC)c1. The second-order valence-electron chi connectivity index (χ2n) is 7.63. The van der Waals surface area contributed by atoms with E-state index in [1.165, 1.54) is 0 Å². The minimum Gasteiger partial charge on any atom is -0.497 e. The fraction of sp³-hybridized carbons (Fsp3) is 0.192. The van der Waals surface area contributed by atoms with Gasteiger partial charge in [-0.2, -0.15) is 0 Å². The Morgan fingerprint density at radius 1 is 1.00 bits per heavy atom. The Morgan fingerprint density at radius 2 is 1.75 bits per heavy atom. The summed E-state index contributed by atoms with van der Waals surface area (Å²) in [6.07, 6.45) is 1.96. The number of aromatic nitrogens is 1. The number of rotatable bonds is 8. The first-order chi connectivity index (χ1) is 15.5. The smallest absolute Gasteiger partial charge is 0.307 e. The van der Waals surface area contributed by atoms with Gasteiger partial charge in [-0.25, -0.2) is 0 Å². The van der Waals surface area contributed by atoms with Crippen LogP contribution in [0.4, 0.5) is 11.4 Å². The predicted molar refractivity (Wildman–Crippen MR) is 126 cm³/mol. The molecule has 0 saturated carbocycles. The number of hydrogen-bond acceptors (Lipinski definition) is 4. The molecule has 0 aliphatic heterocycles. The van der Waals surface area contributed by atoms with E-state index in [0.717, 1.165) is 44.9 Å². The van der Waals surface area contributed by atoms with Gasteiger partial charge in [-0.3, -0.25) is 4.79 Å². The second-order valence-corrected chi connectivity index (χ2v) is 7.63. The van der Waals surface area contributed by atoms with E-state index in [9.17, 15) is 9.90 Å². The van der Waals surface area contributed by atoms with Crippen LogP contribution in [0.15, 0.2) is 72.9 Å². The minimum absolute atomic E-state index is 0.0148. The number of fused-ring (bicyclic) bond motifs is 1. The van der Waals surface area contributed by atoms with Crippen LogP contribution < -0.4 is 14.4 Å². The molecule has 1 aromatic heterocycles. The molecular weight excluding hydrogens is 404 g/mol. The molecule has 0 unspecified atom stereocenters. The van der Waals surface area contributed by atoms with E-state index >= 15 is 0 Å². The zero-order chi connectivity index (χ0) is 22.7. The molecule has 1 N–H and O–H groups in total. The van der Waals surface area contributed by atoms with Crippen LogP contribution in [0.5, 0.6) is 11.5 Å². The molecule has 6 nitrogen and oxygen atoms in total. The molecule has 0 saturated heterocycles. The maximum absolute atomic E-state index is 11.2. The molecule has 32 heavy (non-hydrogen) atoms. The van der Waals surface area contributed by atoms with Crippen LogP contribution in [0.1, 0.15) is 11.1 Å². The molecule has 4 aromatic rings. The third-order valence-corrected chi connectivity index (χ3v) is 5.64. The standard InChI is InChI=1S/C26H26N2O4/c1-27(24-13-12-21(31-2)15-25(24)32-3)20-10-8-18(9-11-20)16-28-17-19(14-26(29)30)22-6-4-5-7-23(22)28/h4-13,15,17H,14,16H2,1-3H3,(H,29,30). The number of para-hydroxylation sites is 1. The quantitative estimate of drug-likeness (QED) is 0.421. The Kier molecular flexibility index (Phi) is 6.03. The van der Waals surface area contributed by atoms with Crippen LogP contribution in [-0.4, -0.2) is 36.9 Å². The highest BCUT2D eigenvalue weighted by Crippen LogP contribution is 2.35. The third-order valence-electron chi connectivity index (χ3n) is 5.64. The molecule has 0 amide bonds. The molecular formula is C26H26N2O4. The molecule has 1 heterocycles. The molecule has 0 atom stereocenters. The van der Waals surface area contributed by atoms with Crippen LogP contribution in [0.3, 0.4) is 0 Å². The molecule has 6 heteroatoms. The third kappa shape index (κ3) is 4.25. The number of carbonyl (C=O) groups is 1. The summed E-state index contributed by atoms with van der Waals surface area (Å²) in [6.45, 7) is 0.663. The molecule has 4 rings (SSSR count). The Hall–Kier alpha value is -3.93. The van der Waals surface area contributed by atoms with Crippen LogP contribution in [-0.2, 0) is 17.8 Å². The zero-order valence-electron chi connectivity index (χ0n) is 18.4. The number of benzene rings is 3. The van der Waals surface area contributed by atoms with Crippen molar-refractivity contribution in [3.8, 4) is 11.5 Å². The summed E-state index contributed by atoms with van der Waals surface area (Å²) in [5.74, 6) is 0.658. The van der Waals surface area contributed by atoms with Crippen LogP contribution in [0.25, 0.3) is 10.9 Å². The van der Waals surface area contributed by atoms with Gasteiger partial charge in [-0.05, 0) is 41.5 Å². The van der Waals surface area contributed by atoms with E-state index in [-0.39, 0.29) is 6.42 Å². The number of nitrogens with zero attached hydrogens (tertiary/aromatic N) is 2. The van der Waals surface area contributed by atoms with Crippen LogP contribution in [0, 0.1) is 0 Å². The lowest BCUT2D eigenvalue weighted by atomic mass is 10.1. The van der Waals surface area contributed by atoms with E-state index < -0.39 is 5.97 Å². The highest BCUT2D eigenvalue weighted by atomic mass is 16.5. The van der Waals surface area contributed by atoms with Crippen molar-refractivity contribution in [3.05, 3.63) is 84.1 Å². The monoisotopic (exact) mass is 430 g/mol. The van der Waals surface area contributed by atoms with E-state index in [0.29, 0.717) is 6.54 Å². The normalized spacial score (nSPS) is 10.8. The summed E-state index contributed by atoms with van der Waals surface area (Å²) in [5.41, 5.74) is 4.97. The van der Waals surface area contributed by atoms with Crippen molar-refractivity contribution in [3.63, 3.8) is 0 Å². The number of hydrogen-bond donors (Lipinski definition) is 1. The molecule has 0 bridgehead atoms. The molecule has 0 fully saturated rings. The number of ether oxygens (including phenoxy) is 2. The van der Waals surface area contributed by atoms with Crippen LogP contribution >= 0.6 is 0 Å². The average Bonchev–Trinajstić information content (AvgIpc) is 3.15. The van der Waals surface area contributed by atoms with Gasteiger partial charge >= 0.3 is 5.97 Å². The average molecular weight is 431 g/mol. The van der Waals surface area contributed by atoms with Crippen molar-refractivity contribution in [1.82, 2.24) is 4.57 Å². The molecule has 3 aromatic carbocycles. The van der Waals surface area contributed by atoms with Crippen molar-refractivity contribution >= 4 is 28.2 Å². The van der Waals surface area contributed by atoms with E-state index in [4.69, 9.17) is 9.47 Å². The van der Waals surface area contributed by atoms with Crippen molar-refractivity contribution in [2.24, 2.45) is 0 Å². The minimum atomic E-state index is -0.825. The number of aliphatic carboxylic acids is 1. The largest absolute Gasteiger partial charge is 0.497 e. The van der Waals surface area contributed by atoms with Crippen molar-refractivity contribution < 1.29 is 19.4 Å². The topological polar surface area (TPSA) is 63.9 Å². The molecule has 0 spiro atoms. The first-order valence-corrected chi connectivity index (χ1v) is 10.3. The molecule has 0 aliphatic carbocycles. The van der Waals surface area contributed by atoms with Gasteiger partial charge in [0.05, 0.1) is 26.3 Å². The van der Waals surface area contributed by atoms with Gasteiger partial charge in [0.15, 0.2) is 0 Å². The number of anilines is 2. The number of carboxylic acids is 1. The maximum Gasteiger partial charge on any atom is 0.307 e. The summed E-state index contributed by atoms with van der Waals surface area (Å²) in [4.78, 5) is 13.3. The summed E-state index contributed by atoms with van der Waals surface area (Å²) >= 11 is 0. The zero-order valence-corrected chi connectivity index (χ0v) is 18.4.